The van der Waals surface area contributed by atoms with E-state index < -0.39 is 10.8 Å². The van der Waals surface area contributed by atoms with E-state index in [1.807, 2.05) is 37.3 Å². The van der Waals surface area contributed by atoms with Crippen molar-refractivity contribution in [3.05, 3.63) is 87.4 Å². The van der Waals surface area contributed by atoms with E-state index >= 15 is 0 Å². The van der Waals surface area contributed by atoms with E-state index in [9.17, 15) is 14.9 Å². The smallest absolute Gasteiger partial charge is 0.291 e. The first kappa shape index (κ1) is 18.7. The largest absolute Gasteiger partial charge is 0.486 e. The van der Waals surface area contributed by atoms with Gasteiger partial charge in [0.2, 0.25) is 0 Å². The standard InChI is InChI=1S/C20H15N3O5/c1-13-3-2-4-16(9-13)27-12-17-6-8-19(28-17)20(24)22-18-7-5-15(23(25)26)10-14(18)11-21/h2-10H,12H2,1H3,(H,22,24). The Labute approximate surface area is 160 Å². The van der Waals surface area contributed by atoms with Gasteiger partial charge in [0.15, 0.2) is 5.76 Å². The summed E-state index contributed by atoms with van der Waals surface area (Å²) in [4.78, 5) is 22.5. The van der Waals surface area contributed by atoms with Crippen LogP contribution in [0.3, 0.4) is 0 Å². The van der Waals surface area contributed by atoms with Gasteiger partial charge < -0.3 is 14.5 Å². The number of hydrogen-bond donors (Lipinski definition) is 1. The summed E-state index contributed by atoms with van der Waals surface area (Å²) in [5, 5.41) is 22.5. The van der Waals surface area contributed by atoms with Crippen LogP contribution in [0.5, 0.6) is 5.75 Å². The number of nitro benzene ring substituents is 1. The normalized spacial score (nSPS) is 10.1. The van der Waals surface area contributed by atoms with Gasteiger partial charge in [0, 0.05) is 12.1 Å². The quantitative estimate of drug-likeness (QED) is 0.508. The van der Waals surface area contributed by atoms with E-state index in [1.165, 1.54) is 18.2 Å². The Morgan fingerprint density at radius 2 is 2.07 bits per heavy atom. The molecule has 28 heavy (non-hydrogen) atoms. The van der Waals surface area contributed by atoms with Crippen molar-refractivity contribution < 1.29 is 18.9 Å². The van der Waals surface area contributed by atoms with Crippen LogP contribution < -0.4 is 10.1 Å². The Morgan fingerprint density at radius 3 is 2.79 bits per heavy atom. The number of nitrogens with one attached hydrogen (secondary N) is 1. The number of aryl methyl sites for hydroxylation is 1. The summed E-state index contributed by atoms with van der Waals surface area (Å²) in [6.07, 6.45) is 0. The van der Waals surface area contributed by atoms with E-state index in [1.54, 1.807) is 6.07 Å². The Hall–Kier alpha value is -4.12. The minimum atomic E-state index is -0.612. The number of ether oxygens (including phenoxy) is 1. The lowest BCUT2D eigenvalue weighted by Gasteiger charge is -2.06. The van der Waals surface area contributed by atoms with Crippen LogP contribution >= 0.6 is 0 Å². The minimum absolute atomic E-state index is 0.0166. The molecule has 3 rings (SSSR count). The van der Waals surface area contributed by atoms with E-state index in [4.69, 9.17) is 14.4 Å². The van der Waals surface area contributed by atoms with Gasteiger partial charge in [0.05, 0.1) is 16.2 Å². The van der Waals surface area contributed by atoms with Gasteiger partial charge in [0.1, 0.15) is 24.2 Å². The number of carbonyl (C=O) groups is 1. The molecule has 0 aliphatic heterocycles. The Morgan fingerprint density at radius 1 is 1.25 bits per heavy atom. The molecule has 0 aliphatic carbocycles. The number of nitro groups is 1. The molecule has 0 spiro atoms. The van der Waals surface area contributed by atoms with Crippen molar-refractivity contribution in [2.24, 2.45) is 0 Å². The number of non-ortho nitro benzene ring substituents is 1. The van der Waals surface area contributed by atoms with Gasteiger partial charge in [-0.1, -0.05) is 12.1 Å². The lowest BCUT2D eigenvalue weighted by Crippen LogP contribution is -2.12. The number of benzene rings is 2. The van der Waals surface area contributed by atoms with Crippen LogP contribution in [0.25, 0.3) is 0 Å². The molecule has 1 heterocycles. The molecule has 8 nitrogen and oxygen atoms in total. The first-order valence-electron chi connectivity index (χ1n) is 8.24. The Balaban J connectivity index is 1.67. The first-order valence-corrected chi connectivity index (χ1v) is 8.24. The summed E-state index contributed by atoms with van der Waals surface area (Å²) < 4.78 is 11.1. The lowest BCUT2D eigenvalue weighted by molar-refractivity contribution is -0.384. The van der Waals surface area contributed by atoms with E-state index in [0.717, 1.165) is 11.6 Å². The molecular formula is C20H15N3O5. The predicted molar refractivity (Wildman–Crippen MR) is 100.0 cm³/mol. The van der Waals surface area contributed by atoms with Crippen LogP contribution in [0.1, 0.15) is 27.4 Å². The molecule has 140 valence electrons. The van der Waals surface area contributed by atoms with E-state index in [-0.39, 0.29) is 29.3 Å². The molecule has 0 saturated heterocycles. The molecule has 0 bridgehead atoms. The van der Waals surface area contributed by atoms with Gasteiger partial charge >= 0.3 is 0 Å². The van der Waals surface area contributed by atoms with Crippen molar-refractivity contribution in [2.75, 3.05) is 5.32 Å². The molecule has 1 amide bonds. The third-order valence-electron chi connectivity index (χ3n) is 3.84. The number of anilines is 1. The van der Waals surface area contributed by atoms with Crippen LogP contribution in [-0.4, -0.2) is 10.8 Å². The summed E-state index contributed by atoms with van der Waals surface area (Å²) in [5.41, 5.74) is 0.973. The van der Waals surface area contributed by atoms with Crippen molar-refractivity contribution in [1.29, 1.82) is 5.26 Å². The summed E-state index contributed by atoms with van der Waals surface area (Å²) in [7, 11) is 0. The van der Waals surface area contributed by atoms with Crippen LogP contribution in [0.4, 0.5) is 11.4 Å². The fourth-order valence-electron chi connectivity index (χ4n) is 2.47. The SMILES string of the molecule is Cc1cccc(OCc2ccc(C(=O)Nc3ccc([N+](=O)[O-])cc3C#N)o2)c1. The molecule has 0 atom stereocenters. The van der Waals surface area contributed by atoms with Crippen molar-refractivity contribution in [3.8, 4) is 11.8 Å². The second kappa shape index (κ2) is 8.05. The Bertz CT molecular complexity index is 1080. The molecule has 3 aromatic rings. The summed E-state index contributed by atoms with van der Waals surface area (Å²) in [6.45, 7) is 2.10. The highest BCUT2D eigenvalue weighted by Crippen LogP contribution is 2.22. The molecule has 0 unspecified atom stereocenters. The second-order valence-electron chi connectivity index (χ2n) is 5.92. The Kier molecular flexibility index (Phi) is 5.37. The zero-order valence-electron chi connectivity index (χ0n) is 14.8. The maximum absolute atomic E-state index is 12.3. The third kappa shape index (κ3) is 4.34. The van der Waals surface area contributed by atoms with Gasteiger partial charge in [0.25, 0.3) is 11.6 Å². The van der Waals surface area contributed by atoms with Crippen molar-refractivity contribution in [1.82, 2.24) is 0 Å². The number of furan rings is 1. The van der Waals surface area contributed by atoms with Crippen LogP contribution in [0, 0.1) is 28.4 Å². The second-order valence-corrected chi connectivity index (χ2v) is 5.92. The van der Waals surface area contributed by atoms with Crippen LogP contribution in [0.2, 0.25) is 0 Å². The maximum atomic E-state index is 12.3. The van der Waals surface area contributed by atoms with Crippen molar-refractivity contribution in [2.45, 2.75) is 13.5 Å². The lowest BCUT2D eigenvalue weighted by atomic mass is 10.1. The summed E-state index contributed by atoms with van der Waals surface area (Å²) in [6, 6.07) is 16.1. The number of nitriles is 1. The molecule has 1 aromatic heterocycles. The topological polar surface area (TPSA) is 118 Å². The predicted octanol–water partition coefficient (Wildman–Crippen LogP) is 4.20. The monoisotopic (exact) mass is 377 g/mol. The average Bonchev–Trinajstić information content (AvgIpc) is 3.16. The number of amides is 1. The zero-order chi connectivity index (χ0) is 20.1. The number of hydrogen-bond acceptors (Lipinski definition) is 6. The van der Waals surface area contributed by atoms with Crippen molar-refractivity contribution in [3.63, 3.8) is 0 Å². The highest BCUT2D eigenvalue weighted by molar-refractivity contribution is 6.03. The van der Waals surface area contributed by atoms with E-state index in [0.29, 0.717) is 11.5 Å². The minimum Gasteiger partial charge on any atom is -0.486 e. The molecule has 8 heteroatoms. The van der Waals surface area contributed by atoms with Gasteiger partial charge in [-0.3, -0.25) is 14.9 Å². The van der Waals surface area contributed by atoms with Gasteiger partial charge in [-0.05, 0) is 42.8 Å². The molecule has 0 radical (unpaired) electrons. The summed E-state index contributed by atoms with van der Waals surface area (Å²) >= 11 is 0. The molecule has 1 N–H and O–H groups in total. The molecule has 0 aliphatic rings. The fraction of sp³-hybridized carbons (Fsp3) is 0.100. The van der Waals surface area contributed by atoms with Gasteiger partial charge in [-0.15, -0.1) is 0 Å². The molecule has 0 saturated carbocycles. The fourth-order valence-corrected chi connectivity index (χ4v) is 2.47. The van der Waals surface area contributed by atoms with Gasteiger partial charge in [-0.2, -0.15) is 5.26 Å². The number of nitrogens with zero attached hydrogens (tertiary/aromatic N) is 2. The molecule has 0 fully saturated rings. The third-order valence-corrected chi connectivity index (χ3v) is 3.84. The van der Waals surface area contributed by atoms with Crippen molar-refractivity contribution >= 4 is 17.3 Å². The average molecular weight is 377 g/mol. The van der Waals surface area contributed by atoms with Crippen LogP contribution in [-0.2, 0) is 6.61 Å². The maximum Gasteiger partial charge on any atom is 0.291 e. The molecular weight excluding hydrogens is 362 g/mol. The number of carbonyl (C=O) groups excluding carboxylic acids is 1. The van der Waals surface area contributed by atoms with Gasteiger partial charge in [-0.25, -0.2) is 0 Å². The summed E-state index contributed by atoms with van der Waals surface area (Å²) in [5.74, 6) is 0.597. The first-order chi connectivity index (χ1) is 13.5. The number of rotatable bonds is 6. The highest BCUT2D eigenvalue weighted by Gasteiger charge is 2.16. The molecule has 2 aromatic carbocycles. The van der Waals surface area contributed by atoms with E-state index in [2.05, 4.69) is 5.32 Å². The van der Waals surface area contributed by atoms with Crippen LogP contribution in [0.15, 0.2) is 59.0 Å². The highest BCUT2D eigenvalue weighted by atomic mass is 16.6. The zero-order valence-corrected chi connectivity index (χ0v) is 14.8.